The van der Waals surface area contributed by atoms with Gasteiger partial charge in [0.25, 0.3) is 0 Å². The molecule has 0 saturated carbocycles. The molecule has 1 aromatic rings. The molecule has 0 aliphatic carbocycles. The van der Waals surface area contributed by atoms with Gasteiger partial charge in [-0.05, 0) is 49.0 Å². The molecule has 1 aliphatic heterocycles. The average molecular weight is 276 g/mol. The third kappa shape index (κ3) is 2.99. The summed E-state index contributed by atoms with van der Waals surface area (Å²) in [6.45, 7) is 8.59. The van der Waals surface area contributed by atoms with Crippen LogP contribution in [0, 0.1) is 5.92 Å². The van der Waals surface area contributed by atoms with Gasteiger partial charge >= 0.3 is 0 Å². The maximum atomic E-state index is 5.85. The molecule has 0 bridgehead atoms. The van der Waals surface area contributed by atoms with Crippen LogP contribution in [0.25, 0.3) is 0 Å². The number of hydrogen-bond donors (Lipinski definition) is 1. The minimum atomic E-state index is 0.158. The third-order valence-electron chi connectivity index (χ3n) is 4.42. The fraction of sp³-hybridized carbons (Fsp3) is 0.647. The van der Waals surface area contributed by atoms with E-state index in [9.17, 15) is 0 Å². The van der Waals surface area contributed by atoms with Gasteiger partial charge < -0.3 is 10.5 Å². The molecule has 2 unspecified atom stereocenters. The van der Waals surface area contributed by atoms with E-state index in [1.165, 1.54) is 11.1 Å². The van der Waals surface area contributed by atoms with Crippen molar-refractivity contribution in [2.24, 2.45) is 11.7 Å². The predicted octanol–water partition coefficient (Wildman–Crippen LogP) is 2.94. The highest BCUT2D eigenvalue weighted by molar-refractivity contribution is 5.42. The first-order valence-electron chi connectivity index (χ1n) is 7.45. The van der Waals surface area contributed by atoms with Crippen LogP contribution in [0.5, 0.6) is 5.75 Å². The molecule has 2 rings (SSSR count). The Bertz CT molecular complexity index is 465. The van der Waals surface area contributed by atoms with Crippen molar-refractivity contribution in [1.82, 2.24) is 4.90 Å². The molecule has 2 N–H and O–H groups in total. The molecule has 2 atom stereocenters. The zero-order valence-corrected chi connectivity index (χ0v) is 13.4. The Balaban J connectivity index is 2.38. The van der Waals surface area contributed by atoms with Crippen molar-refractivity contribution < 1.29 is 4.74 Å². The van der Waals surface area contributed by atoms with Gasteiger partial charge in [0.15, 0.2) is 0 Å². The van der Waals surface area contributed by atoms with E-state index >= 15 is 0 Å². The van der Waals surface area contributed by atoms with Crippen LogP contribution in [-0.4, -0.2) is 32.1 Å². The highest BCUT2D eigenvalue weighted by Gasteiger charge is 2.32. The molecular formula is C17H28N2O. The summed E-state index contributed by atoms with van der Waals surface area (Å²) in [5.41, 5.74) is 8.67. The van der Waals surface area contributed by atoms with E-state index < -0.39 is 0 Å². The number of hydrogen-bond acceptors (Lipinski definition) is 3. The van der Waals surface area contributed by atoms with Crippen LogP contribution in [0.2, 0.25) is 0 Å². The number of methoxy groups -OCH3 is 1. The van der Waals surface area contributed by atoms with Gasteiger partial charge in [0, 0.05) is 18.2 Å². The fourth-order valence-corrected chi connectivity index (χ4v) is 3.10. The minimum Gasteiger partial charge on any atom is -0.496 e. The van der Waals surface area contributed by atoms with Gasteiger partial charge in [0.1, 0.15) is 5.75 Å². The smallest absolute Gasteiger partial charge is 0.123 e. The Kier molecular flexibility index (Phi) is 4.40. The van der Waals surface area contributed by atoms with E-state index in [-0.39, 0.29) is 5.41 Å². The number of nitrogens with zero attached hydrogens (tertiary/aromatic N) is 1. The summed E-state index contributed by atoms with van der Waals surface area (Å²) in [5, 5.41) is 0. The van der Waals surface area contributed by atoms with Crippen molar-refractivity contribution in [3.8, 4) is 5.75 Å². The van der Waals surface area contributed by atoms with Gasteiger partial charge in [0.05, 0.1) is 7.11 Å². The molecule has 3 nitrogen and oxygen atoms in total. The van der Waals surface area contributed by atoms with Crippen LogP contribution >= 0.6 is 0 Å². The molecular weight excluding hydrogens is 248 g/mol. The van der Waals surface area contributed by atoms with Crippen molar-refractivity contribution in [2.45, 2.75) is 38.6 Å². The lowest BCUT2D eigenvalue weighted by Crippen LogP contribution is -2.21. The molecule has 0 spiro atoms. The third-order valence-corrected chi connectivity index (χ3v) is 4.42. The second kappa shape index (κ2) is 5.74. The largest absolute Gasteiger partial charge is 0.496 e. The molecule has 0 aromatic heterocycles. The number of ether oxygens (including phenoxy) is 1. The number of likely N-dealkylation sites (tertiary alicyclic amines) is 1. The molecule has 1 saturated heterocycles. The second-order valence-corrected chi connectivity index (χ2v) is 7.00. The maximum absolute atomic E-state index is 5.85. The van der Waals surface area contributed by atoms with Gasteiger partial charge in [0.2, 0.25) is 0 Å². The van der Waals surface area contributed by atoms with E-state index in [0.29, 0.717) is 12.0 Å². The topological polar surface area (TPSA) is 38.5 Å². The van der Waals surface area contributed by atoms with Crippen molar-refractivity contribution in [3.63, 3.8) is 0 Å². The van der Waals surface area contributed by atoms with E-state index in [0.717, 1.165) is 25.3 Å². The van der Waals surface area contributed by atoms with E-state index in [4.69, 9.17) is 10.5 Å². The lowest BCUT2D eigenvalue weighted by molar-refractivity contribution is 0.302. The first-order valence-corrected chi connectivity index (χ1v) is 7.45. The Labute approximate surface area is 123 Å². The summed E-state index contributed by atoms with van der Waals surface area (Å²) >= 11 is 0. The average Bonchev–Trinajstić information content (AvgIpc) is 2.78. The van der Waals surface area contributed by atoms with Crippen LogP contribution in [0.4, 0.5) is 0 Å². The first kappa shape index (κ1) is 15.3. The Morgan fingerprint density at radius 2 is 2.05 bits per heavy atom. The molecule has 1 aliphatic rings. The number of nitrogens with two attached hydrogens (primary N) is 1. The Hall–Kier alpha value is -1.06. The molecule has 1 aromatic carbocycles. The van der Waals surface area contributed by atoms with Gasteiger partial charge in [-0.3, -0.25) is 4.90 Å². The van der Waals surface area contributed by atoms with Gasteiger partial charge in [-0.25, -0.2) is 0 Å². The fourth-order valence-electron chi connectivity index (χ4n) is 3.10. The normalized spacial score (nSPS) is 24.1. The summed E-state index contributed by atoms with van der Waals surface area (Å²) in [4.78, 5) is 2.40. The molecule has 112 valence electrons. The summed E-state index contributed by atoms with van der Waals surface area (Å²) in [6.07, 6.45) is 1.12. The second-order valence-electron chi connectivity index (χ2n) is 7.00. The zero-order valence-electron chi connectivity index (χ0n) is 13.4. The Morgan fingerprint density at radius 1 is 1.35 bits per heavy atom. The quantitative estimate of drug-likeness (QED) is 0.922. The lowest BCUT2D eigenvalue weighted by Gasteiger charge is -2.26. The van der Waals surface area contributed by atoms with Crippen molar-refractivity contribution in [2.75, 3.05) is 27.2 Å². The van der Waals surface area contributed by atoms with Gasteiger partial charge in [-0.2, -0.15) is 0 Å². The summed E-state index contributed by atoms with van der Waals surface area (Å²) in [5.74, 6) is 1.58. The lowest BCUT2D eigenvalue weighted by atomic mass is 9.84. The van der Waals surface area contributed by atoms with E-state index in [1.807, 2.05) is 0 Å². The molecule has 3 heteroatoms. The molecule has 1 heterocycles. The number of rotatable bonds is 3. The summed E-state index contributed by atoms with van der Waals surface area (Å²) < 4.78 is 5.58. The summed E-state index contributed by atoms with van der Waals surface area (Å²) in [6, 6.07) is 7.02. The zero-order chi connectivity index (χ0) is 14.9. The predicted molar refractivity (Wildman–Crippen MR) is 84.2 cm³/mol. The van der Waals surface area contributed by atoms with Crippen LogP contribution in [-0.2, 0) is 5.41 Å². The molecule has 20 heavy (non-hydrogen) atoms. The van der Waals surface area contributed by atoms with Crippen LogP contribution in [0.1, 0.15) is 44.4 Å². The van der Waals surface area contributed by atoms with Gasteiger partial charge in [-0.15, -0.1) is 0 Å². The van der Waals surface area contributed by atoms with Crippen molar-refractivity contribution in [3.05, 3.63) is 29.3 Å². The van der Waals surface area contributed by atoms with E-state index in [2.05, 4.69) is 50.9 Å². The van der Waals surface area contributed by atoms with Crippen LogP contribution < -0.4 is 10.5 Å². The SMILES string of the molecule is COc1ccc(C(C)(C)C)cc1C1CC(CN)CN1C. The monoisotopic (exact) mass is 276 g/mol. The van der Waals surface area contributed by atoms with Crippen LogP contribution in [0.15, 0.2) is 18.2 Å². The highest BCUT2D eigenvalue weighted by Crippen LogP contribution is 2.40. The van der Waals surface area contributed by atoms with Crippen LogP contribution in [0.3, 0.4) is 0 Å². The molecule has 0 radical (unpaired) electrons. The van der Waals surface area contributed by atoms with Gasteiger partial charge in [-0.1, -0.05) is 26.8 Å². The minimum absolute atomic E-state index is 0.158. The van der Waals surface area contributed by atoms with Crippen molar-refractivity contribution in [1.29, 1.82) is 0 Å². The van der Waals surface area contributed by atoms with E-state index in [1.54, 1.807) is 7.11 Å². The standard InChI is InChI=1S/C17H28N2O/c1-17(2,3)13-6-7-16(20-5)14(9-13)15-8-12(10-18)11-19(15)4/h6-7,9,12,15H,8,10-11,18H2,1-5H3. The first-order chi connectivity index (χ1) is 9.36. The molecule has 0 amide bonds. The maximum Gasteiger partial charge on any atom is 0.123 e. The highest BCUT2D eigenvalue weighted by atomic mass is 16.5. The Morgan fingerprint density at radius 3 is 2.55 bits per heavy atom. The molecule has 1 fully saturated rings. The summed E-state index contributed by atoms with van der Waals surface area (Å²) in [7, 11) is 3.94. The van der Waals surface area contributed by atoms with Crippen molar-refractivity contribution >= 4 is 0 Å². The number of benzene rings is 1.